The van der Waals surface area contributed by atoms with Crippen LogP contribution < -0.4 is 10.1 Å². The van der Waals surface area contributed by atoms with E-state index in [0.717, 1.165) is 27.5 Å². The average molecular weight is 519 g/mol. The van der Waals surface area contributed by atoms with Gasteiger partial charge in [-0.1, -0.05) is 90.6 Å². The van der Waals surface area contributed by atoms with Gasteiger partial charge in [0, 0.05) is 28.0 Å². The summed E-state index contributed by atoms with van der Waals surface area (Å²) in [6.07, 6.45) is 0. The van der Waals surface area contributed by atoms with E-state index in [2.05, 4.69) is 15.5 Å². The molecule has 0 aliphatic carbocycles. The minimum absolute atomic E-state index is 0.0991. The summed E-state index contributed by atoms with van der Waals surface area (Å²) in [4.78, 5) is 17.7. The predicted molar refractivity (Wildman–Crippen MR) is 150 cm³/mol. The fourth-order valence-corrected chi connectivity index (χ4v) is 4.88. The maximum atomic E-state index is 12.9. The molecule has 2 heterocycles. The zero-order chi connectivity index (χ0) is 25.9. The van der Waals surface area contributed by atoms with E-state index in [4.69, 9.17) is 14.1 Å². The number of ether oxygens (including phenoxy) is 1. The van der Waals surface area contributed by atoms with Crippen molar-refractivity contribution >= 4 is 45.3 Å². The van der Waals surface area contributed by atoms with E-state index in [1.165, 1.54) is 11.8 Å². The molecule has 0 fully saturated rings. The lowest BCUT2D eigenvalue weighted by Gasteiger charge is -2.11. The molecule has 6 aromatic rings. The first-order chi connectivity index (χ1) is 18.7. The molecule has 1 amide bonds. The van der Waals surface area contributed by atoms with Crippen LogP contribution in [-0.4, -0.2) is 34.0 Å². The van der Waals surface area contributed by atoms with Crippen LogP contribution in [0.25, 0.3) is 44.5 Å². The first-order valence-electron chi connectivity index (χ1n) is 12.0. The molecule has 0 saturated carbocycles. The Balaban J connectivity index is 1.24. The van der Waals surface area contributed by atoms with Gasteiger partial charge in [-0.3, -0.25) is 4.79 Å². The third kappa shape index (κ3) is 4.69. The van der Waals surface area contributed by atoms with Gasteiger partial charge in [0.25, 0.3) is 0 Å². The second-order valence-electron chi connectivity index (χ2n) is 8.51. The van der Waals surface area contributed by atoms with Crippen molar-refractivity contribution in [1.82, 2.24) is 15.2 Å². The summed E-state index contributed by atoms with van der Waals surface area (Å²) in [5.41, 5.74) is 5.24. The number of nitrogens with one attached hydrogen (secondary N) is 1. The van der Waals surface area contributed by atoms with Crippen LogP contribution in [0.5, 0.6) is 5.75 Å². The van der Waals surface area contributed by atoms with Gasteiger partial charge in [0.2, 0.25) is 11.1 Å². The number of para-hydroxylation sites is 1. The highest BCUT2D eigenvalue weighted by Gasteiger charge is 2.17. The molecule has 0 atom stereocenters. The Morgan fingerprint density at radius 3 is 2.24 bits per heavy atom. The van der Waals surface area contributed by atoms with Crippen molar-refractivity contribution in [2.24, 2.45) is 0 Å². The van der Waals surface area contributed by atoms with Crippen LogP contribution in [-0.2, 0) is 4.79 Å². The zero-order valence-corrected chi connectivity index (χ0v) is 21.2. The highest BCUT2D eigenvalue weighted by atomic mass is 32.2. The molecule has 8 heteroatoms. The summed E-state index contributed by atoms with van der Waals surface area (Å²) >= 11 is 1.22. The third-order valence-corrected chi connectivity index (χ3v) is 6.90. The van der Waals surface area contributed by atoms with Crippen molar-refractivity contribution in [2.45, 2.75) is 5.16 Å². The SMILES string of the molecule is COc1cc2c(cc1NC(=O)CSc1nnc(-c3ccccc3)c(-c3ccccc3)n1)oc1ccccc12. The summed E-state index contributed by atoms with van der Waals surface area (Å²) < 4.78 is 11.5. The lowest BCUT2D eigenvalue weighted by molar-refractivity contribution is -0.113. The smallest absolute Gasteiger partial charge is 0.234 e. The number of carbonyl (C=O) groups is 1. The number of thioether (sulfide) groups is 1. The summed E-state index contributed by atoms with van der Waals surface area (Å²) in [5, 5.41) is 14.0. The van der Waals surface area contributed by atoms with Crippen LogP contribution in [0.2, 0.25) is 0 Å². The summed E-state index contributed by atoms with van der Waals surface area (Å²) in [5.74, 6) is 0.432. The van der Waals surface area contributed by atoms with Crippen LogP contribution >= 0.6 is 11.8 Å². The highest BCUT2D eigenvalue weighted by Crippen LogP contribution is 2.36. The minimum Gasteiger partial charge on any atom is -0.495 e. The van der Waals surface area contributed by atoms with Crippen molar-refractivity contribution in [3.63, 3.8) is 0 Å². The van der Waals surface area contributed by atoms with Crippen molar-refractivity contribution in [3.05, 3.63) is 97.1 Å². The maximum Gasteiger partial charge on any atom is 0.234 e. The van der Waals surface area contributed by atoms with Crippen LogP contribution in [0.1, 0.15) is 0 Å². The van der Waals surface area contributed by atoms with Crippen LogP contribution in [0.4, 0.5) is 5.69 Å². The number of fused-ring (bicyclic) bond motifs is 3. The van der Waals surface area contributed by atoms with Gasteiger partial charge in [0.15, 0.2) is 0 Å². The molecule has 0 aliphatic heterocycles. The number of nitrogens with zero attached hydrogens (tertiary/aromatic N) is 3. The predicted octanol–water partition coefficient (Wildman–Crippen LogP) is 6.84. The molecule has 186 valence electrons. The Kier molecular flexibility index (Phi) is 6.46. The zero-order valence-electron chi connectivity index (χ0n) is 20.4. The fraction of sp³-hybridized carbons (Fsp3) is 0.0667. The largest absolute Gasteiger partial charge is 0.495 e. The molecule has 0 spiro atoms. The number of furan rings is 1. The standard InChI is InChI=1S/C30H22N4O3S/c1-36-26-16-22-21-14-8-9-15-24(21)37-25(22)17-23(26)31-27(35)18-38-30-32-28(19-10-4-2-5-11-19)29(33-34-30)20-12-6-3-7-13-20/h2-17H,18H2,1H3,(H,31,35). The van der Waals surface area contributed by atoms with Crippen molar-refractivity contribution in [2.75, 3.05) is 18.2 Å². The number of aromatic nitrogens is 3. The molecule has 4 aromatic carbocycles. The van der Waals surface area contributed by atoms with Crippen LogP contribution in [0.15, 0.2) is 107 Å². The molecule has 0 bridgehead atoms. The quantitative estimate of drug-likeness (QED) is 0.231. The van der Waals surface area contributed by atoms with E-state index in [1.807, 2.05) is 91.0 Å². The van der Waals surface area contributed by atoms with Crippen molar-refractivity contribution in [3.8, 4) is 28.3 Å². The molecule has 0 aliphatic rings. The molecular formula is C30H22N4O3S. The number of carbonyl (C=O) groups excluding carboxylic acids is 1. The van der Waals surface area contributed by atoms with E-state index in [1.54, 1.807) is 13.2 Å². The molecule has 6 rings (SSSR count). The van der Waals surface area contributed by atoms with Gasteiger partial charge >= 0.3 is 0 Å². The van der Waals surface area contributed by atoms with Crippen LogP contribution in [0.3, 0.4) is 0 Å². The molecule has 0 unspecified atom stereocenters. The number of rotatable bonds is 7. The number of methoxy groups -OCH3 is 1. The molecule has 38 heavy (non-hydrogen) atoms. The first-order valence-corrected chi connectivity index (χ1v) is 13.0. The second kappa shape index (κ2) is 10.4. The Bertz CT molecular complexity index is 1750. The Morgan fingerprint density at radius 2 is 1.50 bits per heavy atom. The summed E-state index contributed by atoms with van der Waals surface area (Å²) in [6.45, 7) is 0. The fourth-order valence-electron chi connectivity index (χ4n) is 4.29. The van der Waals surface area contributed by atoms with E-state index in [0.29, 0.717) is 33.6 Å². The topological polar surface area (TPSA) is 90.1 Å². The van der Waals surface area contributed by atoms with E-state index >= 15 is 0 Å². The Labute approximate surface area is 222 Å². The number of anilines is 1. The van der Waals surface area contributed by atoms with E-state index in [9.17, 15) is 4.79 Å². The van der Waals surface area contributed by atoms with Gasteiger partial charge in [0.1, 0.15) is 28.3 Å². The molecule has 1 N–H and O–H groups in total. The molecular weight excluding hydrogens is 496 g/mol. The minimum atomic E-state index is -0.222. The molecule has 0 radical (unpaired) electrons. The van der Waals surface area contributed by atoms with E-state index in [-0.39, 0.29) is 11.7 Å². The Morgan fingerprint density at radius 1 is 0.816 bits per heavy atom. The molecule has 0 saturated heterocycles. The van der Waals surface area contributed by atoms with Gasteiger partial charge in [-0.25, -0.2) is 4.98 Å². The third-order valence-electron chi connectivity index (χ3n) is 6.07. The van der Waals surface area contributed by atoms with Crippen molar-refractivity contribution < 1.29 is 13.9 Å². The molecule has 2 aromatic heterocycles. The number of hydrogen-bond donors (Lipinski definition) is 1. The van der Waals surface area contributed by atoms with Gasteiger partial charge in [-0.2, -0.15) is 0 Å². The first kappa shape index (κ1) is 23.7. The van der Waals surface area contributed by atoms with Gasteiger partial charge in [0.05, 0.1) is 18.6 Å². The molecule has 7 nitrogen and oxygen atoms in total. The summed E-state index contributed by atoms with van der Waals surface area (Å²) in [7, 11) is 1.58. The Hall–Kier alpha value is -4.69. The van der Waals surface area contributed by atoms with Gasteiger partial charge < -0.3 is 14.5 Å². The van der Waals surface area contributed by atoms with Crippen molar-refractivity contribution in [1.29, 1.82) is 0 Å². The van der Waals surface area contributed by atoms with Crippen LogP contribution in [0, 0.1) is 0 Å². The highest BCUT2D eigenvalue weighted by molar-refractivity contribution is 7.99. The number of amides is 1. The van der Waals surface area contributed by atoms with Gasteiger partial charge in [-0.15, -0.1) is 10.2 Å². The monoisotopic (exact) mass is 518 g/mol. The summed E-state index contributed by atoms with van der Waals surface area (Å²) in [6, 6.07) is 31.1. The maximum absolute atomic E-state index is 12.9. The lowest BCUT2D eigenvalue weighted by atomic mass is 10.0. The number of hydrogen-bond acceptors (Lipinski definition) is 7. The average Bonchev–Trinajstić information content (AvgIpc) is 3.33. The normalized spacial score (nSPS) is 11.1. The van der Waals surface area contributed by atoms with E-state index < -0.39 is 0 Å². The lowest BCUT2D eigenvalue weighted by Crippen LogP contribution is -2.15. The second-order valence-corrected chi connectivity index (χ2v) is 9.45. The van der Waals surface area contributed by atoms with Gasteiger partial charge in [-0.05, 0) is 12.1 Å². The number of benzene rings is 4.